The highest BCUT2D eigenvalue weighted by Crippen LogP contribution is 2.28. The summed E-state index contributed by atoms with van der Waals surface area (Å²) in [5, 5.41) is 5.52. The van der Waals surface area contributed by atoms with Gasteiger partial charge in [-0.1, -0.05) is 35.9 Å². The molecule has 4 rings (SSSR count). The fraction of sp³-hybridized carbons (Fsp3) is 0.190. The molecule has 0 atom stereocenters. The summed E-state index contributed by atoms with van der Waals surface area (Å²) in [7, 11) is 0. The van der Waals surface area contributed by atoms with Gasteiger partial charge in [-0.05, 0) is 31.5 Å². The second-order valence-corrected chi connectivity index (χ2v) is 7.44. The zero-order valence-electron chi connectivity index (χ0n) is 15.3. The Bertz CT molecular complexity index is 1110. The molecule has 136 valence electrons. The van der Waals surface area contributed by atoms with Gasteiger partial charge >= 0.3 is 0 Å². The molecule has 2 aromatic carbocycles. The number of aromatic nitrogens is 3. The van der Waals surface area contributed by atoms with Gasteiger partial charge in [0, 0.05) is 23.9 Å². The predicted molar refractivity (Wildman–Crippen MR) is 110 cm³/mol. The minimum atomic E-state index is -0.0469. The van der Waals surface area contributed by atoms with Gasteiger partial charge in [-0.3, -0.25) is 4.79 Å². The van der Waals surface area contributed by atoms with Crippen molar-refractivity contribution < 1.29 is 4.79 Å². The van der Waals surface area contributed by atoms with Crippen LogP contribution >= 0.6 is 11.3 Å². The maximum Gasteiger partial charge on any atom is 0.227 e. The van der Waals surface area contributed by atoms with Crippen molar-refractivity contribution in [3.8, 4) is 11.3 Å². The number of anilines is 1. The number of hydrogen-bond acceptors (Lipinski definition) is 4. The number of carbonyl (C=O) groups excluding carboxylic acids is 1. The lowest BCUT2D eigenvalue weighted by atomic mass is 10.0. The van der Waals surface area contributed by atoms with Crippen LogP contribution in [0.5, 0.6) is 0 Å². The van der Waals surface area contributed by atoms with Gasteiger partial charge in [-0.15, -0.1) is 11.3 Å². The first kappa shape index (κ1) is 17.4. The van der Waals surface area contributed by atoms with Gasteiger partial charge in [0.15, 0.2) is 5.13 Å². The van der Waals surface area contributed by atoms with Crippen molar-refractivity contribution in [2.75, 3.05) is 5.32 Å². The Hall–Kier alpha value is -2.99. The lowest BCUT2D eigenvalue weighted by molar-refractivity contribution is -0.116. The Labute approximate surface area is 161 Å². The molecular weight excluding hydrogens is 356 g/mol. The van der Waals surface area contributed by atoms with Crippen LogP contribution in [-0.2, 0) is 11.3 Å². The van der Waals surface area contributed by atoms with Crippen LogP contribution in [0.1, 0.15) is 17.5 Å². The molecule has 0 aliphatic heterocycles. The average Bonchev–Trinajstić information content (AvgIpc) is 3.27. The van der Waals surface area contributed by atoms with E-state index in [1.165, 1.54) is 22.5 Å². The number of amides is 1. The first-order valence-corrected chi connectivity index (χ1v) is 9.71. The van der Waals surface area contributed by atoms with Crippen LogP contribution in [0, 0.1) is 13.8 Å². The van der Waals surface area contributed by atoms with Crippen molar-refractivity contribution in [1.29, 1.82) is 0 Å². The molecule has 1 amide bonds. The molecule has 4 aromatic rings. The Balaban J connectivity index is 1.41. The highest BCUT2D eigenvalue weighted by molar-refractivity contribution is 7.14. The fourth-order valence-electron chi connectivity index (χ4n) is 3.15. The largest absolute Gasteiger partial charge is 0.330 e. The predicted octanol–water partition coefficient (Wildman–Crippen LogP) is 4.81. The zero-order chi connectivity index (χ0) is 18.8. The van der Waals surface area contributed by atoms with Crippen molar-refractivity contribution in [2.24, 2.45) is 0 Å². The number of fused-ring (bicyclic) bond motifs is 1. The van der Waals surface area contributed by atoms with E-state index in [2.05, 4.69) is 47.3 Å². The Kier molecular flexibility index (Phi) is 4.73. The molecule has 1 N–H and O–H groups in total. The van der Waals surface area contributed by atoms with E-state index >= 15 is 0 Å². The molecule has 2 aromatic heterocycles. The van der Waals surface area contributed by atoms with Crippen molar-refractivity contribution in [3.63, 3.8) is 0 Å². The number of thiazole rings is 1. The number of hydrogen-bond donors (Lipinski definition) is 1. The smallest absolute Gasteiger partial charge is 0.227 e. The molecule has 0 saturated carbocycles. The van der Waals surface area contributed by atoms with E-state index < -0.39 is 0 Å². The Morgan fingerprint density at radius 3 is 2.89 bits per heavy atom. The van der Waals surface area contributed by atoms with Gasteiger partial charge in [0.25, 0.3) is 0 Å². The van der Waals surface area contributed by atoms with Crippen LogP contribution in [0.25, 0.3) is 22.3 Å². The Morgan fingerprint density at radius 1 is 1.19 bits per heavy atom. The first-order valence-electron chi connectivity index (χ1n) is 8.83. The van der Waals surface area contributed by atoms with Crippen LogP contribution in [0.4, 0.5) is 5.13 Å². The summed E-state index contributed by atoms with van der Waals surface area (Å²) in [6.45, 7) is 4.74. The van der Waals surface area contributed by atoms with Crippen molar-refractivity contribution >= 4 is 33.4 Å². The number of para-hydroxylation sites is 2. The summed E-state index contributed by atoms with van der Waals surface area (Å²) in [5.41, 5.74) is 6.39. The zero-order valence-corrected chi connectivity index (χ0v) is 16.1. The molecule has 0 unspecified atom stereocenters. The number of imidazole rings is 1. The summed E-state index contributed by atoms with van der Waals surface area (Å²) < 4.78 is 2.00. The normalized spacial score (nSPS) is 11.0. The molecule has 0 aliphatic rings. The van der Waals surface area contributed by atoms with Gasteiger partial charge in [0.1, 0.15) is 0 Å². The third-order valence-electron chi connectivity index (χ3n) is 4.52. The fourth-order valence-corrected chi connectivity index (χ4v) is 3.87. The number of benzene rings is 2. The maximum atomic E-state index is 12.3. The van der Waals surface area contributed by atoms with Gasteiger partial charge in [0.2, 0.25) is 5.91 Å². The molecule has 6 heteroatoms. The SMILES string of the molecule is Cc1ccc(-c2csc(NC(=O)CCn3cnc4ccccc43)n2)c(C)c1. The molecule has 0 spiro atoms. The summed E-state index contributed by atoms with van der Waals surface area (Å²) in [4.78, 5) is 21.2. The number of carbonyl (C=O) groups is 1. The minimum absolute atomic E-state index is 0.0469. The second-order valence-electron chi connectivity index (χ2n) is 6.58. The lowest BCUT2D eigenvalue weighted by Crippen LogP contribution is -2.14. The molecule has 0 saturated heterocycles. The van der Waals surface area contributed by atoms with E-state index in [-0.39, 0.29) is 5.91 Å². The van der Waals surface area contributed by atoms with Crippen LogP contribution < -0.4 is 5.32 Å². The van der Waals surface area contributed by atoms with Crippen LogP contribution in [-0.4, -0.2) is 20.4 Å². The molecule has 0 aliphatic carbocycles. The first-order chi connectivity index (χ1) is 13.1. The molecule has 27 heavy (non-hydrogen) atoms. The molecule has 2 heterocycles. The number of nitrogens with one attached hydrogen (secondary N) is 1. The lowest BCUT2D eigenvalue weighted by Gasteiger charge is -2.05. The molecule has 0 fully saturated rings. The molecule has 0 bridgehead atoms. The maximum absolute atomic E-state index is 12.3. The van der Waals surface area contributed by atoms with E-state index in [0.717, 1.165) is 22.3 Å². The topological polar surface area (TPSA) is 59.8 Å². The number of aryl methyl sites for hydroxylation is 3. The highest BCUT2D eigenvalue weighted by atomic mass is 32.1. The van der Waals surface area contributed by atoms with Gasteiger partial charge < -0.3 is 9.88 Å². The van der Waals surface area contributed by atoms with E-state index in [1.807, 2.05) is 34.2 Å². The van der Waals surface area contributed by atoms with Crippen LogP contribution in [0.3, 0.4) is 0 Å². The van der Waals surface area contributed by atoms with Gasteiger partial charge in [0.05, 0.1) is 23.1 Å². The minimum Gasteiger partial charge on any atom is -0.330 e. The molecule has 0 radical (unpaired) electrons. The standard InChI is InChI=1S/C21H20N4OS/c1-14-7-8-16(15(2)11-14)18-12-27-21(23-18)24-20(26)9-10-25-13-22-17-5-3-4-6-19(17)25/h3-8,11-13H,9-10H2,1-2H3,(H,23,24,26). The molecule has 5 nitrogen and oxygen atoms in total. The number of rotatable bonds is 5. The van der Waals surface area contributed by atoms with Crippen molar-refractivity contribution in [2.45, 2.75) is 26.8 Å². The highest BCUT2D eigenvalue weighted by Gasteiger charge is 2.11. The third-order valence-corrected chi connectivity index (χ3v) is 5.27. The van der Waals surface area contributed by atoms with E-state index in [4.69, 9.17) is 0 Å². The summed E-state index contributed by atoms with van der Waals surface area (Å²) in [5.74, 6) is -0.0469. The molecular formula is C21H20N4OS. The van der Waals surface area contributed by atoms with Crippen molar-refractivity contribution in [1.82, 2.24) is 14.5 Å². The Morgan fingerprint density at radius 2 is 2.04 bits per heavy atom. The van der Waals surface area contributed by atoms with Crippen LogP contribution in [0.2, 0.25) is 0 Å². The van der Waals surface area contributed by atoms with Crippen LogP contribution in [0.15, 0.2) is 54.2 Å². The van der Waals surface area contributed by atoms with E-state index in [1.54, 1.807) is 6.33 Å². The number of nitrogens with zero attached hydrogens (tertiary/aromatic N) is 3. The van der Waals surface area contributed by atoms with E-state index in [9.17, 15) is 4.79 Å². The monoisotopic (exact) mass is 376 g/mol. The third kappa shape index (κ3) is 3.75. The van der Waals surface area contributed by atoms with Crippen molar-refractivity contribution in [3.05, 3.63) is 65.3 Å². The van der Waals surface area contributed by atoms with E-state index in [0.29, 0.717) is 18.1 Å². The summed E-state index contributed by atoms with van der Waals surface area (Å²) in [6.07, 6.45) is 2.15. The summed E-state index contributed by atoms with van der Waals surface area (Å²) in [6, 6.07) is 14.2. The average molecular weight is 376 g/mol. The van der Waals surface area contributed by atoms with Gasteiger partial charge in [-0.2, -0.15) is 0 Å². The summed E-state index contributed by atoms with van der Waals surface area (Å²) >= 11 is 1.45. The van der Waals surface area contributed by atoms with Gasteiger partial charge in [-0.25, -0.2) is 9.97 Å². The second kappa shape index (κ2) is 7.32. The quantitative estimate of drug-likeness (QED) is 0.544.